The Balaban J connectivity index is 2.81. The van der Waals surface area contributed by atoms with Crippen molar-refractivity contribution in [1.29, 1.82) is 0 Å². The molecule has 0 fully saturated rings. The highest BCUT2D eigenvalue weighted by molar-refractivity contribution is 5.77. The molecule has 0 aliphatic heterocycles. The van der Waals surface area contributed by atoms with Gasteiger partial charge in [-0.15, -0.1) is 0 Å². The normalized spacial score (nSPS) is 19.9. The van der Waals surface area contributed by atoms with Crippen molar-refractivity contribution in [2.45, 2.75) is 52.7 Å². The van der Waals surface area contributed by atoms with Gasteiger partial charge in [0.1, 0.15) is 5.76 Å². The lowest BCUT2D eigenvalue weighted by Gasteiger charge is -2.27. The minimum Gasteiger partial charge on any atom is -0.467 e. The second-order valence-electron chi connectivity index (χ2n) is 5.39. The summed E-state index contributed by atoms with van der Waals surface area (Å²) in [7, 11) is 1.80. The van der Waals surface area contributed by atoms with E-state index in [-0.39, 0.29) is 11.8 Å². The van der Waals surface area contributed by atoms with Crippen LogP contribution in [0.3, 0.4) is 0 Å². The van der Waals surface area contributed by atoms with Crippen LogP contribution in [0.25, 0.3) is 0 Å². The van der Waals surface area contributed by atoms with Crippen LogP contribution >= 0.6 is 0 Å². The quantitative estimate of drug-likeness (QED) is 0.476. The van der Waals surface area contributed by atoms with Gasteiger partial charge in [0.15, 0.2) is 6.29 Å². The van der Waals surface area contributed by atoms with E-state index in [1.165, 1.54) is 0 Å². The van der Waals surface area contributed by atoms with Gasteiger partial charge in [0.25, 0.3) is 0 Å². The fraction of sp³-hybridized carbons (Fsp3) is 0.588. The standard InChI is InChI=1S/C17H28N2O3/c1-5-7-8-9-16(21)22-17-12(3)10-13(11-14(17)18-4)19-15(20)6-2/h7-8,11-12,16,18,21H,5-6,9-10H2,1-4H3,(H,19,20)/b8-7-. The molecule has 1 aliphatic rings. The highest BCUT2D eigenvalue weighted by Crippen LogP contribution is 2.29. The van der Waals surface area contributed by atoms with Gasteiger partial charge in [0.05, 0.1) is 5.70 Å². The highest BCUT2D eigenvalue weighted by atomic mass is 16.6. The predicted octanol–water partition coefficient (Wildman–Crippen LogP) is 2.56. The molecule has 0 aromatic carbocycles. The molecule has 1 amide bonds. The zero-order valence-corrected chi connectivity index (χ0v) is 14.0. The molecule has 1 aliphatic carbocycles. The van der Waals surface area contributed by atoms with Crippen molar-refractivity contribution in [2.75, 3.05) is 7.05 Å². The smallest absolute Gasteiger partial charge is 0.223 e. The fourth-order valence-corrected chi connectivity index (χ4v) is 2.30. The van der Waals surface area contributed by atoms with E-state index in [0.717, 1.165) is 23.6 Å². The first-order valence-corrected chi connectivity index (χ1v) is 7.93. The van der Waals surface area contributed by atoms with Crippen molar-refractivity contribution < 1.29 is 14.6 Å². The van der Waals surface area contributed by atoms with Crippen molar-refractivity contribution in [3.8, 4) is 0 Å². The monoisotopic (exact) mass is 308 g/mol. The van der Waals surface area contributed by atoms with Gasteiger partial charge in [-0.25, -0.2) is 0 Å². The molecule has 0 spiro atoms. The molecule has 22 heavy (non-hydrogen) atoms. The van der Waals surface area contributed by atoms with Crippen LogP contribution in [0.4, 0.5) is 0 Å². The number of nitrogens with one attached hydrogen (secondary N) is 2. The van der Waals surface area contributed by atoms with Gasteiger partial charge in [-0.1, -0.05) is 32.9 Å². The summed E-state index contributed by atoms with van der Waals surface area (Å²) in [6, 6.07) is 0. The molecule has 0 aromatic heterocycles. The molecular formula is C17H28N2O3. The summed E-state index contributed by atoms with van der Waals surface area (Å²) in [4.78, 5) is 11.5. The Morgan fingerprint density at radius 3 is 2.82 bits per heavy atom. The minimum atomic E-state index is -0.858. The largest absolute Gasteiger partial charge is 0.467 e. The van der Waals surface area contributed by atoms with Crippen LogP contribution in [0.5, 0.6) is 0 Å². The molecule has 0 aromatic rings. The van der Waals surface area contributed by atoms with Crippen LogP contribution in [0.1, 0.15) is 46.5 Å². The minimum absolute atomic E-state index is 0.00279. The number of likely N-dealkylation sites (N-methyl/N-ethyl adjacent to an activating group) is 1. The van der Waals surface area contributed by atoms with Crippen LogP contribution in [0, 0.1) is 5.92 Å². The van der Waals surface area contributed by atoms with Crippen molar-refractivity contribution in [1.82, 2.24) is 10.6 Å². The molecule has 3 N–H and O–H groups in total. The summed E-state index contributed by atoms with van der Waals surface area (Å²) < 4.78 is 5.70. The Hall–Kier alpha value is -1.75. The van der Waals surface area contributed by atoms with E-state index in [1.807, 2.05) is 39.0 Å². The van der Waals surface area contributed by atoms with Gasteiger partial charge >= 0.3 is 0 Å². The number of hydrogen-bond donors (Lipinski definition) is 3. The molecule has 0 bridgehead atoms. The molecule has 2 atom stereocenters. The first kappa shape index (κ1) is 18.3. The number of carbonyl (C=O) groups excluding carboxylic acids is 1. The highest BCUT2D eigenvalue weighted by Gasteiger charge is 2.24. The van der Waals surface area contributed by atoms with Crippen molar-refractivity contribution in [2.24, 2.45) is 5.92 Å². The first-order valence-electron chi connectivity index (χ1n) is 7.93. The Kier molecular flexibility index (Phi) is 7.74. The van der Waals surface area contributed by atoms with Crippen molar-refractivity contribution in [3.05, 3.63) is 35.4 Å². The molecule has 0 heterocycles. The summed E-state index contributed by atoms with van der Waals surface area (Å²) in [5.74, 6) is 0.821. The second-order valence-corrected chi connectivity index (χ2v) is 5.39. The topological polar surface area (TPSA) is 70.6 Å². The van der Waals surface area contributed by atoms with E-state index < -0.39 is 6.29 Å². The maximum absolute atomic E-state index is 11.5. The number of rotatable bonds is 8. The zero-order valence-electron chi connectivity index (χ0n) is 14.0. The molecule has 5 heteroatoms. The Labute approximate surface area is 133 Å². The van der Waals surface area contributed by atoms with Crippen molar-refractivity contribution >= 4 is 5.91 Å². The van der Waals surface area contributed by atoms with Crippen LogP contribution in [-0.2, 0) is 9.53 Å². The Morgan fingerprint density at radius 2 is 2.23 bits per heavy atom. The maximum Gasteiger partial charge on any atom is 0.223 e. The Morgan fingerprint density at radius 1 is 1.50 bits per heavy atom. The number of allylic oxidation sites excluding steroid dienone is 4. The number of aliphatic hydroxyl groups is 1. The molecule has 5 nitrogen and oxygen atoms in total. The van der Waals surface area contributed by atoms with Crippen LogP contribution < -0.4 is 10.6 Å². The fourth-order valence-electron chi connectivity index (χ4n) is 2.30. The number of hydrogen-bond acceptors (Lipinski definition) is 4. The average molecular weight is 308 g/mol. The molecule has 0 radical (unpaired) electrons. The summed E-state index contributed by atoms with van der Waals surface area (Å²) >= 11 is 0. The number of carbonyl (C=O) groups is 1. The SMILES string of the molecule is CC/C=C\CC(O)OC1=C(NC)C=C(NC(=O)CC)CC1C. The number of amides is 1. The summed E-state index contributed by atoms with van der Waals surface area (Å²) in [5, 5.41) is 16.0. The van der Waals surface area contributed by atoms with E-state index in [9.17, 15) is 9.90 Å². The summed E-state index contributed by atoms with van der Waals surface area (Å²) in [6.45, 7) is 5.89. The molecular weight excluding hydrogens is 280 g/mol. The molecule has 124 valence electrons. The van der Waals surface area contributed by atoms with E-state index in [0.29, 0.717) is 19.3 Å². The van der Waals surface area contributed by atoms with Gasteiger partial charge < -0.3 is 20.5 Å². The lowest BCUT2D eigenvalue weighted by molar-refractivity contribution is -0.120. The van der Waals surface area contributed by atoms with Crippen LogP contribution in [-0.4, -0.2) is 24.4 Å². The van der Waals surface area contributed by atoms with E-state index in [2.05, 4.69) is 10.6 Å². The van der Waals surface area contributed by atoms with Crippen molar-refractivity contribution in [3.63, 3.8) is 0 Å². The summed E-state index contributed by atoms with van der Waals surface area (Å²) in [6.07, 6.45) is 7.48. The number of aliphatic hydroxyl groups excluding tert-OH is 1. The van der Waals surface area contributed by atoms with E-state index in [1.54, 1.807) is 7.05 Å². The van der Waals surface area contributed by atoms with Gasteiger partial charge in [-0.2, -0.15) is 0 Å². The molecule has 0 saturated carbocycles. The molecule has 2 unspecified atom stereocenters. The van der Waals surface area contributed by atoms with Gasteiger partial charge in [0, 0.05) is 31.5 Å². The third-order valence-electron chi connectivity index (χ3n) is 3.45. The number of ether oxygens (including phenoxy) is 1. The third kappa shape index (κ3) is 5.56. The summed E-state index contributed by atoms with van der Waals surface area (Å²) in [5.41, 5.74) is 1.67. The Bertz CT molecular complexity index is 467. The lowest BCUT2D eigenvalue weighted by Crippen LogP contribution is -2.29. The van der Waals surface area contributed by atoms with E-state index in [4.69, 9.17) is 4.74 Å². The van der Waals surface area contributed by atoms with Crippen LogP contribution in [0.15, 0.2) is 35.4 Å². The first-order chi connectivity index (χ1) is 10.5. The van der Waals surface area contributed by atoms with Crippen LogP contribution in [0.2, 0.25) is 0 Å². The molecule has 0 saturated heterocycles. The van der Waals surface area contributed by atoms with Gasteiger partial charge in [-0.05, 0) is 18.9 Å². The molecule has 1 rings (SSSR count). The van der Waals surface area contributed by atoms with E-state index >= 15 is 0 Å². The second kappa shape index (κ2) is 9.30. The zero-order chi connectivity index (χ0) is 16.5. The third-order valence-corrected chi connectivity index (χ3v) is 3.45. The van der Waals surface area contributed by atoms with Gasteiger partial charge in [-0.3, -0.25) is 4.79 Å². The lowest BCUT2D eigenvalue weighted by atomic mass is 9.95. The predicted molar refractivity (Wildman–Crippen MR) is 87.5 cm³/mol. The van der Waals surface area contributed by atoms with Gasteiger partial charge in [0.2, 0.25) is 5.91 Å². The average Bonchev–Trinajstić information content (AvgIpc) is 2.49. The maximum atomic E-state index is 11.5.